The van der Waals surface area contributed by atoms with Crippen molar-refractivity contribution in [2.75, 3.05) is 28.3 Å². The van der Waals surface area contributed by atoms with E-state index in [2.05, 4.69) is 35.8 Å². The van der Waals surface area contributed by atoms with Gasteiger partial charge in [0.15, 0.2) is 11.0 Å². The molecule has 1 aromatic heterocycles. The molecule has 238 valence electrons. The Balaban J connectivity index is 1.34. The molecular weight excluding hydrogens is 625 g/mol. The lowest BCUT2D eigenvalue weighted by Crippen LogP contribution is -2.31. The molecule has 4 aromatic rings. The van der Waals surface area contributed by atoms with Crippen LogP contribution in [0.4, 0.5) is 40.1 Å². The van der Waals surface area contributed by atoms with Crippen molar-refractivity contribution in [2.24, 2.45) is 4.99 Å². The summed E-state index contributed by atoms with van der Waals surface area (Å²) in [4.78, 5) is 47.6. The van der Waals surface area contributed by atoms with E-state index in [4.69, 9.17) is 0 Å². The first-order valence-corrected chi connectivity index (χ1v) is 14.8. The average molecular weight is 653 g/mol. The number of hydrogen-bond donors (Lipinski definition) is 3. The number of hydrogen-bond acceptors (Lipinski definition) is 7. The third-order valence-electron chi connectivity index (χ3n) is 6.53. The van der Waals surface area contributed by atoms with Gasteiger partial charge in [0.25, 0.3) is 0 Å². The number of carbonyl (C=O) groups excluding carboxylic acids is 3. The van der Waals surface area contributed by atoms with Crippen molar-refractivity contribution in [1.82, 2.24) is 20.1 Å². The molecule has 2 heterocycles. The average Bonchev–Trinajstić information content (AvgIpc) is 3.59. The SMILES string of the molecule is CNC(=O)Nc1nc(-c2ccc(NC(=O)N=C3SCC(=O)N3c3ccccc3C(C)C)cc2)nn1-c1ccc(OC(F)(F)F)cc1. The Morgan fingerprint density at radius 3 is 2.35 bits per heavy atom. The number of thioether (sulfide) groups is 1. The van der Waals surface area contributed by atoms with E-state index in [1.807, 2.05) is 38.1 Å². The molecule has 0 radical (unpaired) electrons. The number of nitrogens with zero attached hydrogens (tertiary/aromatic N) is 5. The number of carbonyl (C=O) groups is 3. The Hall–Kier alpha value is -5.38. The predicted octanol–water partition coefficient (Wildman–Crippen LogP) is 6.38. The maximum atomic E-state index is 12.9. The van der Waals surface area contributed by atoms with Crippen LogP contribution in [-0.2, 0) is 4.79 Å². The van der Waals surface area contributed by atoms with Gasteiger partial charge < -0.3 is 15.4 Å². The number of ether oxygens (including phenoxy) is 1. The Labute approximate surface area is 265 Å². The maximum absolute atomic E-state index is 12.9. The molecule has 0 saturated carbocycles. The maximum Gasteiger partial charge on any atom is 0.573 e. The summed E-state index contributed by atoms with van der Waals surface area (Å²) < 4.78 is 42.9. The van der Waals surface area contributed by atoms with Gasteiger partial charge in [-0.2, -0.15) is 14.7 Å². The van der Waals surface area contributed by atoms with Gasteiger partial charge in [0.2, 0.25) is 11.9 Å². The normalized spacial score (nSPS) is 14.1. The summed E-state index contributed by atoms with van der Waals surface area (Å²) in [6.07, 6.45) is -4.85. The van der Waals surface area contributed by atoms with Crippen molar-refractivity contribution in [3.8, 4) is 22.8 Å². The third kappa shape index (κ3) is 7.46. The van der Waals surface area contributed by atoms with Crippen LogP contribution >= 0.6 is 11.8 Å². The van der Waals surface area contributed by atoms with Crippen LogP contribution in [0.5, 0.6) is 5.75 Å². The highest BCUT2D eigenvalue weighted by Gasteiger charge is 2.32. The second-order valence-corrected chi connectivity index (χ2v) is 11.0. The topological polar surface area (TPSA) is 143 Å². The van der Waals surface area contributed by atoms with Crippen LogP contribution < -0.4 is 25.6 Å². The number of nitrogens with one attached hydrogen (secondary N) is 3. The van der Waals surface area contributed by atoms with Gasteiger partial charge in [-0.05, 0) is 66.1 Å². The molecule has 0 unspecified atom stereocenters. The number of alkyl halides is 3. The highest BCUT2D eigenvalue weighted by atomic mass is 32.2. The number of urea groups is 2. The van der Waals surface area contributed by atoms with Crippen molar-refractivity contribution in [3.05, 3.63) is 78.4 Å². The molecule has 1 aliphatic heterocycles. The van der Waals surface area contributed by atoms with E-state index in [9.17, 15) is 27.6 Å². The predicted molar refractivity (Wildman–Crippen MR) is 168 cm³/mol. The number of amidine groups is 1. The highest BCUT2D eigenvalue weighted by molar-refractivity contribution is 8.15. The number of rotatable bonds is 7. The summed E-state index contributed by atoms with van der Waals surface area (Å²) in [6, 6.07) is 17.6. The molecule has 0 spiro atoms. The molecule has 0 atom stereocenters. The zero-order valence-electron chi connectivity index (χ0n) is 24.6. The lowest BCUT2D eigenvalue weighted by atomic mass is 10.0. The van der Waals surface area contributed by atoms with Gasteiger partial charge in [0.1, 0.15) is 5.75 Å². The number of para-hydroxylation sites is 1. The fourth-order valence-corrected chi connectivity index (χ4v) is 5.31. The molecule has 3 aromatic carbocycles. The Bertz CT molecular complexity index is 1790. The zero-order valence-corrected chi connectivity index (χ0v) is 25.4. The van der Waals surface area contributed by atoms with E-state index in [0.717, 1.165) is 17.7 Å². The summed E-state index contributed by atoms with van der Waals surface area (Å²) in [6.45, 7) is 4.04. The summed E-state index contributed by atoms with van der Waals surface area (Å²) in [7, 11) is 1.41. The second-order valence-electron chi connectivity index (χ2n) is 10.0. The number of aromatic nitrogens is 3. The number of benzene rings is 3. The molecule has 5 rings (SSSR count). The van der Waals surface area contributed by atoms with Crippen molar-refractivity contribution < 1.29 is 32.3 Å². The van der Waals surface area contributed by atoms with Crippen LogP contribution in [0.1, 0.15) is 25.3 Å². The van der Waals surface area contributed by atoms with E-state index < -0.39 is 24.2 Å². The van der Waals surface area contributed by atoms with Crippen molar-refractivity contribution in [2.45, 2.75) is 26.1 Å². The molecule has 0 aliphatic carbocycles. The number of aliphatic imine (C=N–C) groups is 1. The van der Waals surface area contributed by atoms with Gasteiger partial charge in [-0.1, -0.05) is 43.8 Å². The van der Waals surface area contributed by atoms with E-state index in [-0.39, 0.29) is 34.5 Å². The van der Waals surface area contributed by atoms with Crippen molar-refractivity contribution in [1.29, 1.82) is 0 Å². The van der Waals surface area contributed by atoms with Crippen molar-refractivity contribution >= 4 is 52.2 Å². The second kappa shape index (κ2) is 13.3. The minimum absolute atomic E-state index is 0.000695. The van der Waals surface area contributed by atoms with Crippen LogP contribution in [0.2, 0.25) is 0 Å². The molecular formula is C30H27F3N8O4S. The van der Waals surface area contributed by atoms with Gasteiger partial charge in [-0.25, -0.2) is 9.59 Å². The van der Waals surface area contributed by atoms with Gasteiger partial charge in [-0.3, -0.25) is 15.0 Å². The van der Waals surface area contributed by atoms with Gasteiger partial charge in [0.05, 0.1) is 17.1 Å². The first kappa shape index (κ1) is 32.0. The minimum Gasteiger partial charge on any atom is -0.406 e. The molecule has 0 bridgehead atoms. The molecule has 12 nitrogen and oxygen atoms in total. The Morgan fingerprint density at radius 1 is 1.00 bits per heavy atom. The summed E-state index contributed by atoms with van der Waals surface area (Å²) >= 11 is 1.18. The quantitative estimate of drug-likeness (QED) is 0.210. The fourth-order valence-electron chi connectivity index (χ4n) is 4.45. The monoisotopic (exact) mass is 652 g/mol. The molecule has 16 heteroatoms. The van der Waals surface area contributed by atoms with Gasteiger partial charge >= 0.3 is 18.4 Å². The van der Waals surface area contributed by atoms with Gasteiger partial charge in [0, 0.05) is 18.3 Å². The molecule has 46 heavy (non-hydrogen) atoms. The molecule has 5 amide bonds. The van der Waals surface area contributed by atoms with E-state index in [1.165, 1.54) is 40.5 Å². The Morgan fingerprint density at radius 2 is 1.70 bits per heavy atom. The van der Waals surface area contributed by atoms with Crippen LogP contribution in [0, 0.1) is 0 Å². The molecule has 3 N–H and O–H groups in total. The summed E-state index contributed by atoms with van der Waals surface area (Å²) in [5.74, 6) is -0.101. The van der Waals surface area contributed by atoms with Crippen LogP contribution in [0.15, 0.2) is 77.8 Å². The fraction of sp³-hybridized carbons (Fsp3) is 0.200. The lowest BCUT2D eigenvalue weighted by Gasteiger charge is -2.21. The van der Waals surface area contributed by atoms with Crippen LogP contribution in [0.25, 0.3) is 17.1 Å². The largest absolute Gasteiger partial charge is 0.573 e. The standard InChI is InChI=1S/C30H27F3N8O4S/c1-17(2)22-6-4-5-7-23(22)40-24(42)16-46-29(40)38-28(44)35-19-10-8-18(9-11-19)25-36-26(37-27(43)34-3)41(39-25)20-12-14-21(15-13-20)45-30(31,32)33/h4-15,17H,16H2,1-3H3,(H,35,44)(H2,34,36,37,39,43). The number of anilines is 3. The van der Waals surface area contributed by atoms with Gasteiger partial charge in [-0.15, -0.1) is 18.3 Å². The molecule has 1 saturated heterocycles. The summed E-state index contributed by atoms with van der Waals surface area (Å²) in [5, 5.41) is 12.3. The summed E-state index contributed by atoms with van der Waals surface area (Å²) in [5.41, 5.74) is 2.86. The third-order valence-corrected chi connectivity index (χ3v) is 7.45. The van der Waals surface area contributed by atoms with Crippen LogP contribution in [0.3, 0.4) is 0 Å². The number of halogens is 3. The Kier molecular flexibility index (Phi) is 9.27. The van der Waals surface area contributed by atoms with E-state index in [1.54, 1.807) is 24.3 Å². The zero-order chi connectivity index (χ0) is 33.0. The van der Waals surface area contributed by atoms with E-state index in [0.29, 0.717) is 22.6 Å². The lowest BCUT2D eigenvalue weighted by molar-refractivity contribution is -0.274. The van der Waals surface area contributed by atoms with Crippen LogP contribution in [-0.4, -0.2) is 57.1 Å². The van der Waals surface area contributed by atoms with E-state index >= 15 is 0 Å². The smallest absolute Gasteiger partial charge is 0.406 e. The van der Waals surface area contributed by atoms with Crippen molar-refractivity contribution in [3.63, 3.8) is 0 Å². The highest BCUT2D eigenvalue weighted by Crippen LogP contribution is 2.33. The minimum atomic E-state index is -4.85. The molecule has 1 aliphatic rings. The first-order valence-electron chi connectivity index (χ1n) is 13.8. The number of amides is 5. The molecule has 1 fully saturated rings. The first-order chi connectivity index (χ1) is 21.9.